The van der Waals surface area contributed by atoms with Crippen LogP contribution in [0.25, 0.3) is 11.3 Å². The van der Waals surface area contributed by atoms with Crippen molar-refractivity contribution in [1.82, 2.24) is 4.98 Å². The zero-order chi connectivity index (χ0) is 22.9. The zero-order valence-corrected chi connectivity index (χ0v) is 19.9. The normalized spacial score (nSPS) is 15.1. The molecule has 0 N–H and O–H groups in total. The maximum atomic E-state index is 13.3. The highest BCUT2D eigenvalue weighted by atomic mass is 35.5. The molecule has 0 atom stereocenters. The van der Waals surface area contributed by atoms with Gasteiger partial charge in [-0.15, -0.1) is 11.3 Å². The molecule has 0 aliphatic carbocycles. The highest BCUT2D eigenvalue weighted by molar-refractivity contribution is 7.92. The van der Waals surface area contributed by atoms with Crippen LogP contribution in [-0.4, -0.2) is 46.0 Å². The molecule has 10 heteroatoms. The minimum absolute atomic E-state index is 0.0119. The van der Waals surface area contributed by atoms with Crippen LogP contribution in [0.3, 0.4) is 0 Å². The lowest BCUT2D eigenvalue weighted by Gasteiger charge is -2.31. The van der Waals surface area contributed by atoms with Crippen LogP contribution < -0.4 is 14.4 Å². The van der Waals surface area contributed by atoms with Gasteiger partial charge >= 0.3 is 0 Å². The van der Waals surface area contributed by atoms with E-state index < -0.39 is 20.9 Å². The second-order valence-corrected chi connectivity index (χ2v) is 10.8. The van der Waals surface area contributed by atoms with Gasteiger partial charge in [-0.05, 0) is 43.2 Å². The van der Waals surface area contributed by atoms with Gasteiger partial charge in [0.25, 0.3) is 0 Å². The van der Waals surface area contributed by atoms with E-state index in [0.717, 1.165) is 28.5 Å². The quantitative estimate of drug-likeness (QED) is 0.444. The summed E-state index contributed by atoms with van der Waals surface area (Å²) in [5.74, 6) is 0.810. The molecular formula is C22H22ClFN2O4S2. The number of piperidine rings is 1. The number of thiazole rings is 1. The third-order valence-electron chi connectivity index (χ3n) is 5.53. The molecule has 3 aromatic rings. The number of aromatic nitrogens is 1. The van der Waals surface area contributed by atoms with E-state index in [9.17, 15) is 12.8 Å². The summed E-state index contributed by atoms with van der Waals surface area (Å²) in [6, 6.07) is 8.97. The van der Waals surface area contributed by atoms with Crippen molar-refractivity contribution in [3.8, 4) is 22.8 Å². The van der Waals surface area contributed by atoms with Gasteiger partial charge in [0, 0.05) is 30.1 Å². The van der Waals surface area contributed by atoms with Crippen molar-refractivity contribution >= 4 is 37.9 Å². The van der Waals surface area contributed by atoms with Crippen molar-refractivity contribution < 1.29 is 22.3 Å². The van der Waals surface area contributed by atoms with E-state index in [1.807, 2.05) is 23.6 Å². The minimum atomic E-state index is -3.64. The molecule has 0 radical (unpaired) electrons. The Labute approximate surface area is 195 Å². The molecular weight excluding hydrogens is 475 g/mol. The van der Waals surface area contributed by atoms with Crippen molar-refractivity contribution in [2.45, 2.75) is 23.0 Å². The number of anilines is 1. The fourth-order valence-corrected chi connectivity index (χ4v) is 6.93. The third-order valence-corrected chi connectivity index (χ3v) is 9.17. The first kappa shape index (κ1) is 22.8. The lowest BCUT2D eigenvalue weighted by Crippen LogP contribution is -2.39. The number of ether oxygens (including phenoxy) is 2. The molecule has 1 saturated heterocycles. The van der Waals surface area contributed by atoms with Gasteiger partial charge < -0.3 is 14.4 Å². The van der Waals surface area contributed by atoms with Crippen molar-refractivity contribution in [1.29, 1.82) is 0 Å². The average Bonchev–Trinajstić information content (AvgIpc) is 3.28. The molecule has 0 unspecified atom stereocenters. The molecule has 6 nitrogen and oxygen atoms in total. The number of rotatable bonds is 6. The Hall–Kier alpha value is -2.36. The van der Waals surface area contributed by atoms with Crippen LogP contribution in [0.2, 0.25) is 5.02 Å². The fourth-order valence-electron chi connectivity index (χ4n) is 3.79. The van der Waals surface area contributed by atoms with E-state index in [-0.39, 0.29) is 9.92 Å². The van der Waals surface area contributed by atoms with E-state index in [0.29, 0.717) is 37.4 Å². The van der Waals surface area contributed by atoms with Gasteiger partial charge in [-0.1, -0.05) is 11.6 Å². The zero-order valence-electron chi connectivity index (χ0n) is 17.5. The van der Waals surface area contributed by atoms with Gasteiger partial charge in [0.15, 0.2) is 15.0 Å². The van der Waals surface area contributed by atoms with E-state index in [1.54, 1.807) is 14.2 Å². The van der Waals surface area contributed by atoms with Gasteiger partial charge in [0.1, 0.15) is 17.3 Å². The van der Waals surface area contributed by atoms with Crippen LogP contribution in [0, 0.1) is 5.82 Å². The van der Waals surface area contributed by atoms with Crippen LogP contribution in [0.15, 0.2) is 46.7 Å². The van der Waals surface area contributed by atoms with E-state index in [2.05, 4.69) is 4.90 Å². The van der Waals surface area contributed by atoms with E-state index in [1.165, 1.54) is 17.4 Å². The van der Waals surface area contributed by atoms with Gasteiger partial charge in [0.2, 0.25) is 0 Å². The van der Waals surface area contributed by atoms with E-state index >= 15 is 0 Å². The number of hydrogen-bond donors (Lipinski definition) is 0. The standard InChI is InChI=1S/C22H22ClFN2O4S2/c1-29-15-4-5-17(20(12-15)30-2)19-13-31-22(25-19)26-9-7-16(8-10-26)32(27,28)21-6-3-14(24)11-18(21)23/h3-6,11-13,16H,7-10H2,1-2H3. The lowest BCUT2D eigenvalue weighted by atomic mass is 10.1. The summed E-state index contributed by atoms with van der Waals surface area (Å²) >= 11 is 7.51. The number of sulfone groups is 1. The molecule has 1 aliphatic rings. The molecule has 0 spiro atoms. The number of halogens is 2. The highest BCUT2D eigenvalue weighted by Crippen LogP contribution is 2.37. The SMILES string of the molecule is COc1ccc(-c2csc(N3CCC(S(=O)(=O)c4ccc(F)cc4Cl)CC3)n2)c(OC)c1. The Bertz CT molecular complexity index is 1220. The Morgan fingerprint density at radius 3 is 2.53 bits per heavy atom. The van der Waals surface area contributed by atoms with Gasteiger partial charge in [-0.3, -0.25) is 0 Å². The van der Waals surface area contributed by atoms with Crippen LogP contribution >= 0.6 is 22.9 Å². The van der Waals surface area contributed by atoms with E-state index in [4.69, 9.17) is 26.1 Å². The molecule has 1 aromatic heterocycles. The number of hydrogen-bond acceptors (Lipinski definition) is 7. The first-order valence-electron chi connectivity index (χ1n) is 9.95. The van der Waals surface area contributed by atoms with Crippen molar-refractivity contribution in [3.63, 3.8) is 0 Å². The predicted octanol–water partition coefficient (Wildman–Crippen LogP) is 5.06. The number of methoxy groups -OCH3 is 2. The summed E-state index contributed by atoms with van der Waals surface area (Å²) in [5.41, 5.74) is 1.65. The Balaban J connectivity index is 1.48. The minimum Gasteiger partial charge on any atom is -0.497 e. The van der Waals surface area contributed by atoms with Crippen LogP contribution in [0.1, 0.15) is 12.8 Å². The molecule has 32 heavy (non-hydrogen) atoms. The van der Waals surface area contributed by atoms with Crippen LogP contribution in [0.5, 0.6) is 11.5 Å². The largest absolute Gasteiger partial charge is 0.497 e. The lowest BCUT2D eigenvalue weighted by molar-refractivity contribution is 0.395. The van der Waals surface area contributed by atoms with Crippen molar-refractivity contribution in [2.24, 2.45) is 0 Å². The first-order valence-corrected chi connectivity index (χ1v) is 12.8. The average molecular weight is 497 g/mol. The molecule has 170 valence electrons. The summed E-state index contributed by atoms with van der Waals surface area (Å²) in [4.78, 5) is 6.82. The summed E-state index contributed by atoms with van der Waals surface area (Å²) in [6.45, 7) is 1.10. The molecule has 4 rings (SSSR count). The molecule has 0 amide bonds. The van der Waals surface area contributed by atoms with Gasteiger partial charge in [0.05, 0.1) is 35.1 Å². The van der Waals surface area contributed by atoms with Gasteiger partial charge in [-0.2, -0.15) is 0 Å². The molecule has 2 heterocycles. The summed E-state index contributed by atoms with van der Waals surface area (Å²) < 4.78 is 50.1. The number of benzene rings is 2. The summed E-state index contributed by atoms with van der Waals surface area (Å²) in [7, 11) is -0.437. The molecule has 2 aromatic carbocycles. The maximum absolute atomic E-state index is 13.3. The highest BCUT2D eigenvalue weighted by Gasteiger charge is 2.33. The second kappa shape index (κ2) is 9.25. The van der Waals surface area contributed by atoms with Crippen molar-refractivity contribution in [2.75, 3.05) is 32.2 Å². The Kier molecular flexibility index (Phi) is 6.60. The molecule has 1 aliphatic heterocycles. The Morgan fingerprint density at radius 1 is 1.12 bits per heavy atom. The monoisotopic (exact) mass is 496 g/mol. The van der Waals surface area contributed by atoms with Crippen molar-refractivity contribution in [3.05, 3.63) is 52.6 Å². The smallest absolute Gasteiger partial charge is 0.185 e. The third kappa shape index (κ3) is 4.42. The summed E-state index contributed by atoms with van der Waals surface area (Å²) in [5, 5.41) is 2.14. The fraction of sp³-hybridized carbons (Fsp3) is 0.318. The molecule has 1 fully saturated rings. The molecule has 0 saturated carbocycles. The van der Waals surface area contributed by atoms with Crippen LogP contribution in [0.4, 0.5) is 9.52 Å². The Morgan fingerprint density at radius 2 is 1.88 bits per heavy atom. The topological polar surface area (TPSA) is 68.7 Å². The number of nitrogens with zero attached hydrogens (tertiary/aromatic N) is 2. The summed E-state index contributed by atoms with van der Waals surface area (Å²) in [6.07, 6.45) is 0.883. The maximum Gasteiger partial charge on any atom is 0.185 e. The molecule has 0 bridgehead atoms. The first-order chi connectivity index (χ1) is 15.3. The van der Waals surface area contributed by atoms with Gasteiger partial charge in [-0.25, -0.2) is 17.8 Å². The van der Waals surface area contributed by atoms with Crippen LogP contribution in [-0.2, 0) is 9.84 Å². The predicted molar refractivity (Wildman–Crippen MR) is 124 cm³/mol. The second-order valence-electron chi connectivity index (χ2n) is 7.39.